The van der Waals surface area contributed by atoms with Gasteiger partial charge in [0, 0.05) is 19.5 Å². The number of hydrogen-bond donors (Lipinski definition) is 1. The van der Waals surface area contributed by atoms with Crippen LogP contribution in [-0.2, 0) is 11.0 Å². The molecule has 5 rings (SSSR count). The lowest BCUT2D eigenvalue weighted by molar-refractivity contribution is -0.138. The van der Waals surface area contributed by atoms with Gasteiger partial charge in [-0.3, -0.25) is 9.69 Å². The molecule has 1 atom stereocenters. The molecule has 190 valence electrons. The zero-order valence-electron chi connectivity index (χ0n) is 20.2. The molecule has 2 aliphatic heterocycles. The smallest absolute Gasteiger partial charge is 0.333 e. The quantitative estimate of drug-likeness (QED) is 0.466. The summed E-state index contributed by atoms with van der Waals surface area (Å²) in [5, 5.41) is 2.62. The van der Waals surface area contributed by atoms with E-state index in [4.69, 9.17) is 0 Å². The number of rotatable bonds is 6. The summed E-state index contributed by atoms with van der Waals surface area (Å²) in [6, 6.07) is 23.4. The molecule has 0 saturated carbocycles. The molecule has 3 aromatic carbocycles. The van der Waals surface area contributed by atoms with Crippen molar-refractivity contribution in [2.75, 3.05) is 20.1 Å². The maximum atomic E-state index is 13.8. The van der Waals surface area contributed by atoms with Gasteiger partial charge in [0.15, 0.2) is 0 Å². The summed E-state index contributed by atoms with van der Waals surface area (Å²) in [5.41, 5.74) is 1.86. The first-order valence-corrected chi connectivity index (χ1v) is 12.1. The van der Waals surface area contributed by atoms with Gasteiger partial charge in [-0.2, -0.15) is 13.2 Å². The molecule has 0 bridgehead atoms. The van der Waals surface area contributed by atoms with Crippen LogP contribution in [0, 0.1) is 0 Å². The fourth-order valence-electron chi connectivity index (χ4n) is 5.23. The average molecular weight is 506 g/mol. The highest BCUT2D eigenvalue weighted by molar-refractivity contribution is 6.01. The molecule has 3 aromatic rings. The maximum absolute atomic E-state index is 13.8. The highest BCUT2D eigenvalue weighted by atomic mass is 19.4. The molecule has 0 fully saturated rings. The summed E-state index contributed by atoms with van der Waals surface area (Å²) in [5.74, 6) is -0.323. The fraction of sp³-hybridized carbons (Fsp3) is 0.241. The van der Waals surface area contributed by atoms with E-state index in [0.29, 0.717) is 18.7 Å². The van der Waals surface area contributed by atoms with Crippen LogP contribution in [0.1, 0.15) is 40.6 Å². The molecule has 5 nitrogen and oxygen atoms in total. The number of nitrogens with zero attached hydrogens (tertiary/aromatic N) is 2. The molecule has 0 spiro atoms. The van der Waals surface area contributed by atoms with Gasteiger partial charge < -0.3 is 10.2 Å². The molecule has 1 unspecified atom stereocenters. The largest absolute Gasteiger partial charge is 0.416 e. The molecule has 0 aromatic heterocycles. The van der Waals surface area contributed by atoms with Crippen molar-refractivity contribution >= 4 is 11.9 Å². The lowest BCUT2D eigenvalue weighted by Crippen LogP contribution is -2.45. The number of likely N-dealkylation sites (N-methyl/N-ethyl adjacent to an activating group) is 1. The second-order valence-corrected chi connectivity index (χ2v) is 9.28. The number of carbonyl (C=O) groups is 2. The standard InChI is InChI=1S/C29H26F3N3O2/c1-34-24-18-35(17-16-21(19-10-4-2-5-11-19)20-12-6-3-7-13-20)27(36)25(24)26(33-28(34)37)22-14-8-9-15-23(22)29(30,31)32/h2-15,21,26H,16-18H2,1H3,(H,33,37). The van der Waals surface area contributed by atoms with E-state index in [-0.39, 0.29) is 29.5 Å². The first-order valence-electron chi connectivity index (χ1n) is 12.1. The van der Waals surface area contributed by atoms with Crippen LogP contribution in [0.5, 0.6) is 0 Å². The minimum Gasteiger partial charge on any atom is -0.333 e. The van der Waals surface area contributed by atoms with Crippen molar-refractivity contribution in [2.45, 2.75) is 24.6 Å². The van der Waals surface area contributed by atoms with Crippen LogP contribution in [0.4, 0.5) is 18.0 Å². The number of carbonyl (C=O) groups excluding carboxylic acids is 2. The Labute approximate surface area is 213 Å². The van der Waals surface area contributed by atoms with Crippen LogP contribution < -0.4 is 5.32 Å². The molecule has 2 heterocycles. The Morgan fingerprint density at radius 2 is 1.46 bits per heavy atom. The molecule has 1 N–H and O–H groups in total. The monoisotopic (exact) mass is 505 g/mol. The third-order valence-corrected chi connectivity index (χ3v) is 7.10. The Morgan fingerprint density at radius 1 is 0.892 bits per heavy atom. The summed E-state index contributed by atoms with van der Waals surface area (Å²) in [4.78, 5) is 29.3. The summed E-state index contributed by atoms with van der Waals surface area (Å²) >= 11 is 0. The van der Waals surface area contributed by atoms with Gasteiger partial charge >= 0.3 is 12.2 Å². The second kappa shape index (κ2) is 9.76. The third-order valence-electron chi connectivity index (χ3n) is 7.10. The molecule has 0 radical (unpaired) electrons. The summed E-state index contributed by atoms with van der Waals surface area (Å²) in [6.07, 6.45) is -4.00. The number of benzene rings is 3. The van der Waals surface area contributed by atoms with Crippen molar-refractivity contribution in [1.82, 2.24) is 15.1 Å². The van der Waals surface area contributed by atoms with E-state index in [2.05, 4.69) is 5.32 Å². The van der Waals surface area contributed by atoms with Gasteiger partial charge in [-0.05, 0) is 29.2 Å². The van der Waals surface area contributed by atoms with E-state index in [1.807, 2.05) is 60.7 Å². The molecule has 0 aliphatic carbocycles. The highest BCUT2D eigenvalue weighted by Gasteiger charge is 2.45. The lowest BCUT2D eigenvalue weighted by atomic mass is 9.88. The fourth-order valence-corrected chi connectivity index (χ4v) is 5.23. The van der Waals surface area contributed by atoms with E-state index < -0.39 is 23.8 Å². The van der Waals surface area contributed by atoms with E-state index in [0.717, 1.165) is 17.2 Å². The van der Waals surface area contributed by atoms with E-state index in [9.17, 15) is 22.8 Å². The van der Waals surface area contributed by atoms with Crippen LogP contribution in [-0.4, -0.2) is 41.9 Å². The van der Waals surface area contributed by atoms with Crippen LogP contribution in [0.3, 0.4) is 0 Å². The molecule has 2 aliphatic rings. The third kappa shape index (κ3) is 4.71. The molecule has 0 saturated heterocycles. The predicted octanol–water partition coefficient (Wildman–Crippen LogP) is 5.72. The minimum absolute atomic E-state index is 0.0343. The van der Waals surface area contributed by atoms with Gasteiger partial charge in [0.2, 0.25) is 0 Å². The zero-order chi connectivity index (χ0) is 26.2. The number of halogens is 3. The van der Waals surface area contributed by atoms with Crippen LogP contribution in [0.2, 0.25) is 0 Å². The van der Waals surface area contributed by atoms with Crippen molar-refractivity contribution < 1.29 is 22.8 Å². The molecule has 37 heavy (non-hydrogen) atoms. The van der Waals surface area contributed by atoms with Crippen LogP contribution >= 0.6 is 0 Å². The van der Waals surface area contributed by atoms with Crippen LogP contribution in [0.15, 0.2) is 96.2 Å². The lowest BCUT2D eigenvalue weighted by Gasteiger charge is -2.32. The number of alkyl halides is 3. The van der Waals surface area contributed by atoms with Gasteiger partial charge in [-0.25, -0.2) is 4.79 Å². The van der Waals surface area contributed by atoms with Crippen molar-refractivity contribution in [3.05, 3.63) is 118 Å². The molecular formula is C29H26F3N3O2. The van der Waals surface area contributed by atoms with Gasteiger partial charge in [-0.1, -0.05) is 78.9 Å². The van der Waals surface area contributed by atoms with Crippen LogP contribution in [0.25, 0.3) is 0 Å². The zero-order valence-corrected chi connectivity index (χ0v) is 20.2. The van der Waals surface area contributed by atoms with E-state index >= 15 is 0 Å². The number of urea groups is 1. The van der Waals surface area contributed by atoms with Gasteiger partial charge in [0.25, 0.3) is 5.91 Å². The Kier molecular flexibility index (Phi) is 6.50. The van der Waals surface area contributed by atoms with Crippen molar-refractivity contribution in [3.8, 4) is 0 Å². The predicted molar refractivity (Wildman–Crippen MR) is 133 cm³/mol. The normalized spacial score (nSPS) is 17.9. The highest BCUT2D eigenvalue weighted by Crippen LogP contribution is 2.41. The van der Waals surface area contributed by atoms with Gasteiger partial charge in [0.05, 0.1) is 29.4 Å². The number of amides is 3. The topological polar surface area (TPSA) is 52.7 Å². The molecule has 3 amide bonds. The maximum Gasteiger partial charge on any atom is 0.416 e. The second-order valence-electron chi connectivity index (χ2n) is 9.28. The number of hydrogen-bond acceptors (Lipinski definition) is 2. The summed E-state index contributed by atoms with van der Waals surface area (Å²) in [6.45, 7) is 0.551. The SMILES string of the molecule is CN1C(=O)NC(c2ccccc2C(F)(F)F)C2=C1CN(CCC(c1ccccc1)c1ccccc1)C2=O. The van der Waals surface area contributed by atoms with Crippen molar-refractivity contribution in [1.29, 1.82) is 0 Å². The Morgan fingerprint density at radius 3 is 2.05 bits per heavy atom. The summed E-state index contributed by atoms with van der Waals surface area (Å²) in [7, 11) is 1.53. The Bertz CT molecular complexity index is 1300. The average Bonchev–Trinajstić information content (AvgIpc) is 3.23. The minimum atomic E-state index is -4.62. The van der Waals surface area contributed by atoms with Crippen molar-refractivity contribution in [3.63, 3.8) is 0 Å². The van der Waals surface area contributed by atoms with E-state index in [1.165, 1.54) is 30.1 Å². The summed E-state index contributed by atoms with van der Waals surface area (Å²) < 4.78 is 41.4. The van der Waals surface area contributed by atoms with Gasteiger partial charge in [0.1, 0.15) is 0 Å². The Hall–Kier alpha value is -4.07. The van der Waals surface area contributed by atoms with Crippen molar-refractivity contribution in [2.24, 2.45) is 0 Å². The number of nitrogens with one attached hydrogen (secondary N) is 1. The van der Waals surface area contributed by atoms with Gasteiger partial charge in [-0.15, -0.1) is 0 Å². The first kappa shape index (κ1) is 24.6. The first-order chi connectivity index (χ1) is 17.8. The molecular weight excluding hydrogens is 479 g/mol. The Balaban J connectivity index is 1.44. The molecule has 8 heteroatoms. The van der Waals surface area contributed by atoms with E-state index in [1.54, 1.807) is 4.90 Å².